The van der Waals surface area contributed by atoms with Crippen LogP contribution in [0.5, 0.6) is 0 Å². The van der Waals surface area contributed by atoms with Crippen LogP contribution in [0.25, 0.3) is 0 Å². The normalized spacial score (nSPS) is 39.0. The molecule has 3 heteroatoms. The first-order chi connectivity index (χ1) is 9.83. The number of fused-ring (bicyclic) bond motifs is 2. The molecule has 0 radical (unpaired) electrons. The van der Waals surface area contributed by atoms with Crippen molar-refractivity contribution in [1.29, 1.82) is 0 Å². The number of carboxylic acid groups (broad SMARTS) is 1. The van der Waals surface area contributed by atoms with E-state index >= 15 is 0 Å². The van der Waals surface area contributed by atoms with Gasteiger partial charge in [0.2, 0.25) is 0 Å². The Bertz CT molecular complexity index is 549. The summed E-state index contributed by atoms with van der Waals surface area (Å²) < 4.78 is 0. The van der Waals surface area contributed by atoms with Crippen LogP contribution in [-0.4, -0.2) is 11.1 Å². The highest BCUT2D eigenvalue weighted by Gasteiger charge is 2.53. The van der Waals surface area contributed by atoms with Gasteiger partial charge in [-0.25, -0.2) is 0 Å². The van der Waals surface area contributed by atoms with E-state index in [1.165, 1.54) is 5.56 Å². The number of benzene rings is 1. The van der Waals surface area contributed by atoms with E-state index in [0.29, 0.717) is 11.8 Å². The van der Waals surface area contributed by atoms with E-state index in [0.717, 1.165) is 37.1 Å². The van der Waals surface area contributed by atoms with Gasteiger partial charge in [-0.15, -0.1) is 0 Å². The highest BCUT2D eigenvalue weighted by atomic mass is 35.5. The second-order valence-corrected chi connectivity index (χ2v) is 8.09. The van der Waals surface area contributed by atoms with Crippen molar-refractivity contribution in [2.45, 2.75) is 51.4 Å². The molecule has 114 valence electrons. The Morgan fingerprint density at radius 3 is 2.52 bits per heavy atom. The third-order valence-electron chi connectivity index (χ3n) is 5.59. The van der Waals surface area contributed by atoms with Crippen molar-refractivity contribution in [2.75, 3.05) is 0 Å². The number of hydrogen-bond acceptors (Lipinski definition) is 1. The number of rotatable bonds is 2. The van der Waals surface area contributed by atoms with Gasteiger partial charge in [0.15, 0.2) is 0 Å². The Hall–Kier alpha value is -1.02. The smallest absolute Gasteiger partial charge is 0.309 e. The maximum atomic E-state index is 11.8. The van der Waals surface area contributed by atoms with Crippen molar-refractivity contribution in [1.82, 2.24) is 0 Å². The maximum absolute atomic E-state index is 11.8. The summed E-state index contributed by atoms with van der Waals surface area (Å²) >= 11 is 6.02. The molecule has 4 atom stereocenters. The molecule has 3 rings (SSSR count). The number of carbonyl (C=O) groups is 1. The molecule has 0 aromatic heterocycles. The molecule has 21 heavy (non-hydrogen) atoms. The summed E-state index contributed by atoms with van der Waals surface area (Å²) in [6.45, 7) is 4.24. The summed E-state index contributed by atoms with van der Waals surface area (Å²) in [6, 6.07) is 8.08. The molecule has 1 aromatic rings. The first-order valence-corrected chi connectivity index (χ1v) is 8.20. The lowest BCUT2D eigenvalue weighted by Gasteiger charge is -2.53. The van der Waals surface area contributed by atoms with Crippen LogP contribution in [0.1, 0.15) is 51.5 Å². The molecule has 4 unspecified atom stereocenters. The summed E-state index contributed by atoms with van der Waals surface area (Å²) in [5.74, 6) is 0.553. The average Bonchev–Trinajstić information content (AvgIpc) is 2.37. The predicted octanol–water partition coefficient (Wildman–Crippen LogP) is 4.90. The molecular weight excluding hydrogens is 284 g/mol. The third kappa shape index (κ3) is 2.59. The van der Waals surface area contributed by atoms with Crippen LogP contribution in [0.2, 0.25) is 5.02 Å². The lowest BCUT2D eigenvalue weighted by Crippen LogP contribution is -2.49. The van der Waals surface area contributed by atoms with Crippen LogP contribution in [-0.2, 0) is 10.2 Å². The second-order valence-electron chi connectivity index (χ2n) is 7.65. The number of hydrogen-bond donors (Lipinski definition) is 1. The van der Waals surface area contributed by atoms with E-state index in [-0.39, 0.29) is 5.41 Å². The number of carboxylic acids is 1. The van der Waals surface area contributed by atoms with Crippen LogP contribution in [0, 0.1) is 17.3 Å². The van der Waals surface area contributed by atoms with Gasteiger partial charge in [-0.2, -0.15) is 0 Å². The zero-order chi connectivity index (χ0) is 15.3. The van der Waals surface area contributed by atoms with Crippen LogP contribution < -0.4 is 0 Å². The molecular formula is C18H23ClO2. The van der Waals surface area contributed by atoms with Crippen LogP contribution >= 0.6 is 11.6 Å². The Balaban J connectivity index is 2.03. The Morgan fingerprint density at radius 2 is 1.90 bits per heavy atom. The van der Waals surface area contributed by atoms with Crippen molar-refractivity contribution in [3.05, 3.63) is 34.9 Å². The van der Waals surface area contributed by atoms with Crippen molar-refractivity contribution >= 4 is 17.6 Å². The fourth-order valence-corrected chi connectivity index (χ4v) is 5.22. The first kappa shape index (κ1) is 14.9. The van der Waals surface area contributed by atoms with Gasteiger partial charge in [-0.05, 0) is 74.0 Å². The molecule has 2 aliphatic rings. The lowest BCUT2D eigenvalue weighted by atomic mass is 9.50. The lowest BCUT2D eigenvalue weighted by molar-refractivity contribution is -0.154. The van der Waals surface area contributed by atoms with E-state index in [9.17, 15) is 9.90 Å². The van der Waals surface area contributed by atoms with Gasteiger partial charge >= 0.3 is 5.97 Å². The Kier molecular flexibility index (Phi) is 3.56. The molecule has 2 nitrogen and oxygen atoms in total. The standard InChI is InChI=1S/C18H23ClO2/c1-12-7-13-9-17(2,16(20)21)11-18(8-12,10-13)14-3-5-15(19)6-4-14/h3-6,12-13H,7-11H2,1-2H3,(H,20,21). The average molecular weight is 307 g/mol. The molecule has 2 aliphatic carbocycles. The van der Waals surface area contributed by atoms with Gasteiger partial charge in [-0.1, -0.05) is 30.7 Å². The predicted molar refractivity (Wildman–Crippen MR) is 84.6 cm³/mol. The van der Waals surface area contributed by atoms with Crippen molar-refractivity contribution in [3.63, 3.8) is 0 Å². The van der Waals surface area contributed by atoms with E-state index in [1.807, 2.05) is 19.1 Å². The molecule has 0 saturated heterocycles. The zero-order valence-corrected chi connectivity index (χ0v) is 13.5. The van der Waals surface area contributed by atoms with Crippen LogP contribution in [0.15, 0.2) is 24.3 Å². The summed E-state index contributed by atoms with van der Waals surface area (Å²) in [5, 5.41) is 10.4. The van der Waals surface area contributed by atoms with Gasteiger partial charge in [0, 0.05) is 5.02 Å². The van der Waals surface area contributed by atoms with E-state index in [2.05, 4.69) is 19.1 Å². The van der Waals surface area contributed by atoms with E-state index in [1.54, 1.807) is 0 Å². The Labute approximate surface area is 131 Å². The monoisotopic (exact) mass is 306 g/mol. The fourth-order valence-electron chi connectivity index (χ4n) is 5.10. The van der Waals surface area contributed by atoms with E-state index < -0.39 is 11.4 Å². The van der Waals surface area contributed by atoms with Gasteiger partial charge < -0.3 is 5.11 Å². The molecule has 2 fully saturated rings. The highest BCUT2D eigenvalue weighted by Crippen LogP contribution is 2.58. The molecule has 0 heterocycles. The van der Waals surface area contributed by atoms with E-state index in [4.69, 9.17) is 11.6 Å². The molecule has 0 aliphatic heterocycles. The largest absolute Gasteiger partial charge is 0.481 e. The SMILES string of the molecule is CC1CC2CC(C)(C(=O)O)CC(c3ccc(Cl)cc3)(C1)C2. The first-order valence-electron chi connectivity index (χ1n) is 7.82. The molecule has 2 saturated carbocycles. The summed E-state index contributed by atoms with van der Waals surface area (Å²) in [4.78, 5) is 11.8. The third-order valence-corrected chi connectivity index (χ3v) is 5.85. The van der Waals surface area contributed by atoms with Crippen LogP contribution in [0.4, 0.5) is 0 Å². The van der Waals surface area contributed by atoms with Gasteiger partial charge in [-0.3, -0.25) is 4.79 Å². The highest BCUT2D eigenvalue weighted by molar-refractivity contribution is 6.30. The second kappa shape index (κ2) is 5.01. The van der Waals surface area contributed by atoms with Crippen molar-refractivity contribution in [3.8, 4) is 0 Å². The zero-order valence-electron chi connectivity index (χ0n) is 12.7. The summed E-state index contributed by atoms with van der Waals surface area (Å²) in [5.41, 5.74) is 0.691. The minimum atomic E-state index is -0.639. The molecule has 1 N–H and O–H groups in total. The fraction of sp³-hybridized carbons (Fsp3) is 0.611. The topological polar surface area (TPSA) is 37.3 Å². The van der Waals surface area contributed by atoms with Crippen LogP contribution in [0.3, 0.4) is 0 Å². The van der Waals surface area contributed by atoms with Gasteiger partial charge in [0.1, 0.15) is 0 Å². The maximum Gasteiger partial charge on any atom is 0.309 e. The molecule has 0 amide bonds. The van der Waals surface area contributed by atoms with Gasteiger partial charge in [0.25, 0.3) is 0 Å². The minimum absolute atomic E-state index is 0.0122. The minimum Gasteiger partial charge on any atom is -0.481 e. The number of halogens is 1. The Morgan fingerprint density at radius 1 is 1.24 bits per heavy atom. The molecule has 0 spiro atoms. The quantitative estimate of drug-likeness (QED) is 0.844. The summed E-state index contributed by atoms with van der Waals surface area (Å²) in [7, 11) is 0. The van der Waals surface area contributed by atoms with Gasteiger partial charge in [0.05, 0.1) is 5.41 Å². The number of aliphatic carboxylic acids is 1. The van der Waals surface area contributed by atoms with Crippen molar-refractivity contribution < 1.29 is 9.90 Å². The summed E-state index contributed by atoms with van der Waals surface area (Å²) in [6.07, 6.45) is 4.95. The molecule has 1 aromatic carbocycles. The molecule has 2 bridgehead atoms. The van der Waals surface area contributed by atoms with Crippen molar-refractivity contribution in [2.24, 2.45) is 17.3 Å².